The van der Waals surface area contributed by atoms with Crippen LogP contribution in [-0.2, 0) is 5.41 Å². The zero-order valence-corrected chi connectivity index (χ0v) is 30.6. The SMILES string of the molecule is CC1(C)c2ccccc2-c2ccc(-c3ccc4cc(-c5cc(-c6ccc(-c7ccc(C#N)cc7)c7ccccc67)nc(-c6ccccc6)n5)ccc4c3)cc21. The summed E-state index contributed by atoms with van der Waals surface area (Å²) in [6, 6.07) is 64.3. The van der Waals surface area contributed by atoms with Gasteiger partial charge in [-0.2, -0.15) is 5.26 Å². The van der Waals surface area contributed by atoms with Gasteiger partial charge in [0.15, 0.2) is 5.82 Å². The van der Waals surface area contributed by atoms with Crippen LogP contribution >= 0.6 is 0 Å². The molecule has 1 aliphatic carbocycles. The molecule has 0 fully saturated rings. The number of hydrogen-bond acceptors (Lipinski definition) is 3. The summed E-state index contributed by atoms with van der Waals surface area (Å²) in [5.41, 5.74) is 15.5. The fourth-order valence-electron chi connectivity index (χ4n) is 8.42. The van der Waals surface area contributed by atoms with E-state index in [-0.39, 0.29) is 5.41 Å². The second-order valence-electron chi connectivity index (χ2n) is 14.9. The lowest BCUT2D eigenvalue weighted by molar-refractivity contribution is 0.660. The molecule has 55 heavy (non-hydrogen) atoms. The van der Waals surface area contributed by atoms with Crippen LogP contribution < -0.4 is 0 Å². The van der Waals surface area contributed by atoms with E-state index in [4.69, 9.17) is 9.97 Å². The van der Waals surface area contributed by atoms with Gasteiger partial charge < -0.3 is 0 Å². The summed E-state index contributed by atoms with van der Waals surface area (Å²) in [5, 5.41) is 13.9. The minimum atomic E-state index is -0.0397. The van der Waals surface area contributed by atoms with Crippen molar-refractivity contribution in [2.45, 2.75) is 19.3 Å². The molecule has 0 radical (unpaired) electrons. The van der Waals surface area contributed by atoms with Gasteiger partial charge in [0.25, 0.3) is 0 Å². The molecule has 0 bridgehead atoms. The first kappa shape index (κ1) is 32.5. The number of nitriles is 1. The topological polar surface area (TPSA) is 49.6 Å². The molecule has 0 aliphatic heterocycles. The maximum atomic E-state index is 9.35. The van der Waals surface area contributed by atoms with Crippen molar-refractivity contribution in [2.24, 2.45) is 0 Å². The van der Waals surface area contributed by atoms with Gasteiger partial charge in [-0.3, -0.25) is 0 Å². The van der Waals surface area contributed by atoms with Gasteiger partial charge in [-0.1, -0.05) is 153 Å². The van der Waals surface area contributed by atoms with E-state index in [1.54, 1.807) is 0 Å². The number of hydrogen-bond donors (Lipinski definition) is 0. The third-order valence-corrected chi connectivity index (χ3v) is 11.3. The predicted molar refractivity (Wildman–Crippen MR) is 227 cm³/mol. The minimum Gasteiger partial charge on any atom is -0.228 e. The Morgan fingerprint density at radius 2 is 0.982 bits per heavy atom. The Balaban J connectivity index is 1.06. The van der Waals surface area contributed by atoms with Gasteiger partial charge in [0.05, 0.1) is 23.0 Å². The molecule has 0 saturated carbocycles. The van der Waals surface area contributed by atoms with Gasteiger partial charge in [0, 0.05) is 22.1 Å². The van der Waals surface area contributed by atoms with Crippen molar-refractivity contribution >= 4 is 21.5 Å². The van der Waals surface area contributed by atoms with Gasteiger partial charge in [-0.05, 0) is 102 Å². The van der Waals surface area contributed by atoms with Crippen LogP contribution in [0.15, 0.2) is 176 Å². The van der Waals surface area contributed by atoms with Gasteiger partial charge in [-0.25, -0.2) is 9.97 Å². The van der Waals surface area contributed by atoms with E-state index < -0.39 is 0 Å². The monoisotopic (exact) mass is 701 g/mol. The van der Waals surface area contributed by atoms with Gasteiger partial charge in [-0.15, -0.1) is 0 Å². The molecule has 1 heterocycles. The molecule has 258 valence electrons. The summed E-state index contributed by atoms with van der Waals surface area (Å²) in [6.45, 7) is 4.67. The first-order valence-electron chi connectivity index (χ1n) is 18.7. The van der Waals surface area contributed by atoms with E-state index in [1.165, 1.54) is 38.8 Å². The third kappa shape index (κ3) is 5.50. The lowest BCUT2D eigenvalue weighted by atomic mass is 9.81. The van der Waals surface area contributed by atoms with Crippen LogP contribution in [0.3, 0.4) is 0 Å². The molecular formula is C52H35N3. The smallest absolute Gasteiger partial charge is 0.160 e. The van der Waals surface area contributed by atoms with Crippen LogP contribution in [0.2, 0.25) is 0 Å². The molecule has 3 heteroatoms. The van der Waals surface area contributed by atoms with E-state index in [2.05, 4.69) is 153 Å². The van der Waals surface area contributed by atoms with Crippen molar-refractivity contribution in [2.75, 3.05) is 0 Å². The molecule has 0 unspecified atom stereocenters. The molecule has 8 aromatic carbocycles. The van der Waals surface area contributed by atoms with E-state index >= 15 is 0 Å². The Labute approximate surface area is 320 Å². The lowest BCUT2D eigenvalue weighted by Gasteiger charge is -2.22. The van der Waals surface area contributed by atoms with Gasteiger partial charge in [0.2, 0.25) is 0 Å². The van der Waals surface area contributed by atoms with Crippen molar-refractivity contribution < 1.29 is 0 Å². The molecule has 9 aromatic rings. The summed E-state index contributed by atoms with van der Waals surface area (Å²) >= 11 is 0. The van der Waals surface area contributed by atoms with Crippen LogP contribution in [0.1, 0.15) is 30.5 Å². The van der Waals surface area contributed by atoms with Crippen LogP contribution in [0.25, 0.3) is 88.8 Å². The zero-order chi connectivity index (χ0) is 37.1. The number of rotatable bonds is 5. The fourth-order valence-corrected chi connectivity index (χ4v) is 8.42. The Morgan fingerprint density at radius 1 is 0.418 bits per heavy atom. The molecule has 10 rings (SSSR count). The second-order valence-corrected chi connectivity index (χ2v) is 14.9. The maximum absolute atomic E-state index is 9.35. The fraction of sp³-hybridized carbons (Fsp3) is 0.0577. The average molecular weight is 702 g/mol. The van der Waals surface area contributed by atoms with Crippen molar-refractivity contribution in [1.29, 1.82) is 5.26 Å². The summed E-state index contributed by atoms with van der Waals surface area (Å²) in [7, 11) is 0. The van der Waals surface area contributed by atoms with Crippen molar-refractivity contribution in [3.63, 3.8) is 0 Å². The molecule has 1 aliphatic rings. The number of aromatic nitrogens is 2. The molecular weight excluding hydrogens is 667 g/mol. The average Bonchev–Trinajstić information content (AvgIpc) is 3.48. The predicted octanol–water partition coefficient (Wildman–Crippen LogP) is 13.3. The van der Waals surface area contributed by atoms with Crippen LogP contribution in [0, 0.1) is 11.3 Å². The molecule has 0 saturated heterocycles. The highest BCUT2D eigenvalue weighted by Crippen LogP contribution is 2.49. The molecule has 1 aromatic heterocycles. The summed E-state index contributed by atoms with van der Waals surface area (Å²) in [5.74, 6) is 0.686. The van der Waals surface area contributed by atoms with Crippen molar-refractivity contribution in [3.05, 3.63) is 193 Å². The highest BCUT2D eigenvalue weighted by Gasteiger charge is 2.35. The quantitative estimate of drug-likeness (QED) is 0.179. The van der Waals surface area contributed by atoms with Gasteiger partial charge in [0.1, 0.15) is 0 Å². The summed E-state index contributed by atoms with van der Waals surface area (Å²) in [4.78, 5) is 10.3. The van der Waals surface area contributed by atoms with E-state index in [0.717, 1.165) is 55.4 Å². The first-order valence-corrected chi connectivity index (χ1v) is 18.7. The number of benzene rings is 8. The highest BCUT2D eigenvalue weighted by atomic mass is 14.9. The number of nitrogens with zero attached hydrogens (tertiary/aromatic N) is 3. The Kier molecular flexibility index (Phi) is 7.54. The summed E-state index contributed by atoms with van der Waals surface area (Å²) < 4.78 is 0. The third-order valence-electron chi connectivity index (χ3n) is 11.3. The van der Waals surface area contributed by atoms with Crippen LogP contribution in [0.4, 0.5) is 0 Å². The van der Waals surface area contributed by atoms with E-state index in [0.29, 0.717) is 11.4 Å². The minimum absolute atomic E-state index is 0.0397. The molecule has 0 amide bonds. The normalized spacial score (nSPS) is 12.7. The second kappa shape index (κ2) is 12.8. The highest BCUT2D eigenvalue weighted by molar-refractivity contribution is 6.05. The van der Waals surface area contributed by atoms with Crippen molar-refractivity contribution in [1.82, 2.24) is 9.97 Å². The van der Waals surface area contributed by atoms with Crippen LogP contribution in [-0.4, -0.2) is 9.97 Å². The molecule has 0 spiro atoms. The number of fused-ring (bicyclic) bond motifs is 5. The van der Waals surface area contributed by atoms with E-state index in [9.17, 15) is 5.26 Å². The Hall–Kier alpha value is -7.15. The Bertz CT molecular complexity index is 3010. The molecule has 3 nitrogen and oxygen atoms in total. The lowest BCUT2D eigenvalue weighted by Crippen LogP contribution is -2.14. The van der Waals surface area contributed by atoms with Gasteiger partial charge >= 0.3 is 0 Å². The van der Waals surface area contributed by atoms with E-state index in [1.807, 2.05) is 42.5 Å². The molecule has 0 N–H and O–H groups in total. The largest absolute Gasteiger partial charge is 0.228 e. The maximum Gasteiger partial charge on any atom is 0.160 e. The summed E-state index contributed by atoms with van der Waals surface area (Å²) in [6.07, 6.45) is 0. The van der Waals surface area contributed by atoms with Crippen LogP contribution in [0.5, 0.6) is 0 Å². The van der Waals surface area contributed by atoms with Crippen molar-refractivity contribution in [3.8, 4) is 73.4 Å². The zero-order valence-electron chi connectivity index (χ0n) is 30.6. The standard InChI is InChI=1S/C52H35N3/c1-52(2)47-15-9-8-14-44(47)45-25-24-39(30-48(45)52)37-20-21-38-29-40(23-22-36(38)28-37)49-31-50(55-51(54-49)35-10-4-3-5-11-35)46-27-26-41(42-12-6-7-13-43(42)46)34-18-16-33(32-53)17-19-34/h3-31H,1-2H3. The Morgan fingerprint density at radius 3 is 1.76 bits per heavy atom. The molecule has 0 atom stereocenters. The first-order chi connectivity index (χ1) is 26.9.